The maximum atomic E-state index is 11.7. The van der Waals surface area contributed by atoms with Crippen molar-refractivity contribution >= 4 is 24.3 Å². The third-order valence-electron chi connectivity index (χ3n) is 4.15. The van der Waals surface area contributed by atoms with E-state index in [0.29, 0.717) is 17.7 Å². The summed E-state index contributed by atoms with van der Waals surface area (Å²) in [4.78, 5) is 11.7. The van der Waals surface area contributed by atoms with Crippen molar-refractivity contribution in [3.8, 4) is 0 Å². The minimum absolute atomic E-state index is 0.254. The van der Waals surface area contributed by atoms with E-state index in [0.717, 1.165) is 12.8 Å². The second-order valence-electron chi connectivity index (χ2n) is 6.90. The quantitative estimate of drug-likeness (QED) is 0.431. The molecule has 0 heterocycles. The van der Waals surface area contributed by atoms with Crippen LogP contribution in [0.2, 0.25) is 0 Å². The lowest BCUT2D eigenvalue weighted by Crippen LogP contribution is -2.53. The molecule has 0 aromatic heterocycles. The number of amides is 2. The van der Waals surface area contributed by atoms with E-state index in [1.807, 2.05) is 0 Å². The SMILES string of the molecule is CCCCNC(=O)Nc1ccc(B(O)OC(C)(C)C(C)(C)O)cc1. The van der Waals surface area contributed by atoms with Gasteiger partial charge in [0, 0.05) is 12.2 Å². The lowest BCUT2D eigenvalue weighted by atomic mass is 9.76. The molecule has 0 aliphatic rings. The molecule has 0 atom stereocenters. The van der Waals surface area contributed by atoms with Gasteiger partial charge in [0.05, 0.1) is 11.2 Å². The lowest BCUT2D eigenvalue weighted by molar-refractivity contribution is -0.0982. The van der Waals surface area contributed by atoms with Gasteiger partial charge >= 0.3 is 13.1 Å². The number of nitrogens with one attached hydrogen (secondary N) is 2. The van der Waals surface area contributed by atoms with E-state index in [2.05, 4.69) is 17.6 Å². The zero-order valence-electron chi connectivity index (χ0n) is 15.2. The van der Waals surface area contributed by atoms with Crippen LogP contribution in [-0.2, 0) is 4.65 Å². The first-order valence-corrected chi connectivity index (χ1v) is 8.30. The smallest absolute Gasteiger partial charge is 0.423 e. The Morgan fingerprint density at radius 3 is 2.29 bits per heavy atom. The topological polar surface area (TPSA) is 90.8 Å². The van der Waals surface area contributed by atoms with Gasteiger partial charge in [0.25, 0.3) is 0 Å². The summed E-state index contributed by atoms with van der Waals surface area (Å²) in [5.41, 5.74) is -0.861. The molecule has 0 saturated heterocycles. The Bertz CT molecular complexity index is 526. The number of hydrogen-bond acceptors (Lipinski definition) is 4. The van der Waals surface area contributed by atoms with Crippen molar-refractivity contribution in [2.45, 2.75) is 58.7 Å². The second-order valence-corrected chi connectivity index (χ2v) is 6.90. The molecule has 2 amide bonds. The summed E-state index contributed by atoms with van der Waals surface area (Å²) in [6, 6.07) is 6.48. The van der Waals surface area contributed by atoms with Crippen molar-refractivity contribution in [2.75, 3.05) is 11.9 Å². The number of hydrogen-bond donors (Lipinski definition) is 4. The Kier molecular flexibility index (Phi) is 7.26. The molecule has 6 nitrogen and oxygen atoms in total. The lowest BCUT2D eigenvalue weighted by Gasteiger charge is -2.38. The molecule has 0 saturated carbocycles. The molecule has 0 spiro atoms. The zero-order valence-corrected chi connectivity index (χ0v) is 15.2. The maximum Gasteiger partial charge on any atom is 0.491 e. The van der Waals surface area contributed by atoms with Gasteiger partial charge in [-0.2, -0.15) is 0 Å². The molecule has 4 N–H and O–H groups in total. The Balaban J connectivity index is 2.62. The van der Waals surface area contributed by atoms with Crippen molar-refractivity contribution in [1.82, 2.24) is 5.32 Å². The number of carbonyl (C=O) groups is 1. The number of urea groups is 1. The summed E-state index contributed by atoms with van der Waals surface area (Å²) >= 11 is 0. The number of benzene rings is 1. The number of unbranched alkanes of at least 4 members (excludes halogenated alkanes) is 1. The summed E-state index contributed by atoms with van der Waals surface area (Å²) in [6.07, 6.45) is 1.96. The Hall–Kier alpha value is -1.57. The predicted octanol–water partition coefficient (Wildman–Crippen LogP) is 1.86. The minimum Gasteiger partial charge on any atom is -0.423 e. The molecule has 0 unspecified atom stereocenters. The number of anilines is 1. The largest absolute Gasteiger partial charge is 0.491 e. The van der Waals surface area contributed by atoms with Crippen molar-refractivity contribution in [1.29, 1.82) is 0 Å². The van der Waals surface area contributed by atoms with Crippen LogP contribution in [0.4, 0.5) is 10.5 Å². The normalized spacial score (nSPS) is 12.0. The van der Waals surface area contributed by atoms with Gasteiger partial charge in [-0.25, -0.2) is 4.79 Å². The summed E-state index contributed by atoms with van der Waals surface area (Å²) in [6.45, 7) is 9.39. The van der Waals surface area contributed by atoms with Crippen LogP contribution < -0.4 is 16.1 Å². The van der Waals surface area contributed by atoms with Crippen LogP contribution in [0.15, 0.2) is 24.3 Å². The summed E-state index contributed by atoms with van der Waals surface area (Å²) in [5, 5.41) is 25.8. The Morgan fingerprint density at radius 2 is 1.79 bits per heavy atom. The van der Waals surface area contributed by atoms with Gasteiger partial charge in [-0.3, -0.25) is 0 Å². The molecule has 0 aliphatic carbocycles. The summed E-state index contributed by atoms with van der Waals surface area (Å²) in [5.74, 6) is 0. The van der Waals surface area contributed by atoms with E-state index in [9.17, 15) is 14.9 Å². The van der Waals surface area contributed by atoms with Crippen LogP contribution in [0.5, 0.6) is 0 Å². The van der Waals surface area contributed by atoms with Gasteiger partial charge in [0.15, 0.2) is 0 Å². The second kappa shape index (κ2) is 8.51. The third-order valence-corrected chi connectivity index (χ3v) is 4.15. The van der Waals surface area contributed by atoms with Gasteiger partial charge < -0.3 is 25.4 Å². The van der Waals surface area contributed by atoms with Gasteiger partial charge in [0.2, 0.25) is 0 Å². The number of rotatable bonds is 8. The average Bonchev–Trinajstić information content (AvgIpc) is 2.46. The average molecular weight is 336 g/mol. The van der Waals surface area contributed by atoms with E-state index in [1.54, 1.807) is 52.0 Å². The fourth-order valence-electron chi connectivity index (χ4n) is 1.78. The Labute approximate surface area is 144 Å². The predicted molar refractivity (Wildman–Crippen MR) is 97.4 cm³/mol. The minimum atomic E-state index is -1.17. The first-order chi connectivity index (χ1) is 11.1. The third kappa shape index (κ3) is 6.15. The highest BCUT2D eigenvalue weighted by molar-refractivity contribution is 6.60. The summed E-state index contributed by atoms with van der Waals surface area (Å²) in [7, 11) is -1.17. The zero-order chi connectivity index (χ0) is 18.4. The molecule has 0 bridgehead atoms. The van der Waals surface area contributed by atoms with Crippen LogP contribution in [0.3, 0.4) is 0 Å². The molecule has 1 rings (SSSR count). The molecular formula is C17H29BN2O4. The molecule has 0 aliphatic heterocycles. The van der Waals surface area contributed by atoms with Crippen molar-refractivity contribution in [2.24, 2.45) is 0 Å². The van der Waals surface area contributed by atoms with Gasteiger partial charge in [0.1, 0.15) is 0 Å². The summed E-state index contributed by atoms with van der Waals surface area (Å²) < 4.78 is 5.58. The van der Waals surface area contributed by atoms with E-state index >= 15 is 0 Å². The highest BCUT2D eigenvalue weighted by Crippen LogP contribution is 2.25. The van der Waals surface area contributed by atoms with Crippen LogP contribution >= 0.6 is 0 Å². The molecule has 1 aromatic carbocycles. The first kappa shape index (κ1) is 20.5. The highest BCUT2D eigenvalue weighted by Gasteiger charge is 2.39. The molecule has 0 fully saturated rings. The van der Waals surface area contributed by atoms with Crippen molar-refractivity contribution in [3.63, 3.8) is 0 Å². The monoisotopic (exact) mass is 336 g/mol. The van der Waals surface area contributed by atoms with Gasteiger partial charge in [-0.15, -0.1) is 0 Å². The van der Waals surface area contributed by atoms with Gasteiger partial charge in [-0.05, 0) is 51.7 Å². The fourth-order valence-corrected chi connectivity index (χ4v) is 1.78. The van der Waals surface area contributed by atoms with Crippen LogP contribution in [0, 0.1) is 0 Å². The van der Waals surface area contributed by atoms with Crippen LogP contribution in [-0.4, -0.2) is 41.0 Å². The van der Waals surface area contributed by atoms with E-state index in [1.165, 1.54) is 0 Å². The number of aliphatic hydroxyl groups is 1. The Morgan fingerprint density at radius 1 is 1.21 bits per heavy atom. The highest BCUT2D eigenvalue weighted by atomic mass is 16.5. The van der Waals surface area contributed by atoms with Crippen LogP contribution in [0.25, 0.3) is 0 Å². The molecule has 7 heteroatoms. The first-order valence-electron chi connectivity index (χ1n) is 8.30. The molecular weight excluding hydrogens is 307 g/mol. The maximum absolute atomic E-state index is 11.7. The standard InChI is InChI=1S/C17H29BN2O4/c1-6-7-12-19-15(21)20-14-10-8-13(9-11-14)18(23)24-17(4,5)16(2,3)22/h8-11,22-23H,6-7,12H2,1-5H3,(H2,19,20,21). The van der Waals surface area contributed by atoms with Gasteiger partial charge in [-0.1, -0.05) is 25.5 Å². The molecule has 0 radical (unpaired) electrons. The molecule has 24 heavy (non-hydrogen) atoms. The van der Waals surface area contributed by atoms with E-state index in [4.69, 9.17) is 4.65 Å². The number of carbonyl (C=O) groups excluding carboxylic acids is 1. The van der Waals surface area contributed by atoms with Crippen molar-refractivity contribution in [3.05, 3.63) is 24.3 Å². The van der Waals surface area contributed by atoms with E-state index < -0.39 is 18.3 Å². The van der Waals surface area contributed by atoms with Crippen molar-refractivity contribution < 1.29 is 19.6 Å². The molecule has 134 valence electrons. The molecule has 1 aromatic rings. The van der Waals surface area contributed by atoms with E-state index in [-0.39, 0.29) is 6.03 Å². The fraction of sp³-hybridized carbons (Fsp3) is 0.588. The van der Waals surface area contributed by atoms with Crippen LogP contribution in [0.1, 0.15) is 47.5 Å².